The molecule has 2 unspecified atom stereocenters. The third-order valence-corrected chi connectivity index (χ3v) is 6.69. The third kappa shape index (κ3) is 4.39. The van der Waals surface area contributed by atoms with Crippen LogP contribution in [0.4, 0.5) is 0 Å². The van der Waals surface area contributed by atoms with Gasteiger partial charge in [-0.3, -0.25) is 20.4 Å². The van der Waals surface area contributed by atoms with Crippen LogP contribution < -0.4 is 10.9 Å². The highest BCUT2D eigenvalue weighted by molar-refractivity contribution is 7.89. The topological polar surface area (TPSA) is 95.6 Å². The van der Waals surface area contributed by atoms with Gasteiger partial charge in [-0.15, -0.1) is 0 Å². The normalized spacial score (nSPS) is 20.7. The Morgan fingerprint density at radius 1 is 1.15 bits per heavy atom. The van der Waals surface area contributed by atoms with Gasteiger partial charge in [-0.25, -0.2) is 12.7 Å². The molecule has 1 saturated carbocycles. The van der Waals surface area contributed by atoms with Gasteiger partial charge in [0.05, 0.1) is 10.8 Å². The number of carbonyl (C=O) groups excluding carboxylic acids is 2. The fourth-order valence-electron chi connectivity index (χ4n) is 3.13. The first-order chi connectivity index (χ1) is 12.4. The standard InChI is InChI=1S/C19H27N3O4S/c1-12(2)10-15-16(19(15,3)4)18(24)21-20-17(23)13-8-7-9-14(11-13)27(25,26)22(5)6/h7-11,15-16H,1-6H3,(H,20,23)(H,21,24). The van der Waals surface area contributed by atoms with Gasteiger partial charge in [0.1, 0.15) is 0 Å². The Balaban J connectivity index is 2.05. The quantitative estimate of drug-likeness (QED) is 0.590. The van der Waals surface area contributed by atoms with Crippen LogP contribution in [0.3, 0.4) is 0 Å². The summed E-state index contributed by atoms with van der Waals surface area (Å²) in [4.78, 5) is 24.7. The zero-order valence-corrected chi connectivity index (χ0v) is 17.3. The van der Waals surface area contributed by atoms with Gasteiger partial charge in [0.25, 0.3) is 5.91 Å². The minimum Gasteiger partial charge on any atom is -0.273 e. The highest BCUT2D eigenvalue weighted by Crippen LogP contribution is 2.59. The molecule has 0 bridgehead atoms. The zero-order chi connectivity index (χ0) is 20.6. The van der Waals surface area contributed by atoms with E-state index in [-0.39, 0.29) is 33.6 Å². The summed E-state index contributed by atoms with van der Waals surface area (Å²) >= 11 is 0. The van der Waals surface area contributed by atoms with Crippen molar-refractivity contribution in [1.29, 1.82) is 0 Å². The van der Waals surface area contributed by atoms with Gasteiger partial charge in [-0.05, 0) is 43.4 Å². The molecule has 0 aromatic heterocycles. The Morgan fingerprint density at radius 2 is 1.78 bits per heavy atom. The second kappa shape index (κ2) is 7.44. The van der Waals surface area contributed by atoms with Gasteiger partial charge in [-0.2, -0.15) is 0 Å². The molecule has 1 fully saturated rings. The number of carbonyl (C=O) groups is 2. The van der Waals surface area contributed by atoms with Crippen molar-refractivity contribution in [1.82, 2.24) is 15.2 Å². The minimum absolute atomic E-state index is 0.0124. The van der Waals surface area contributed by atoms with Crippen molar-refractivity contribution in [3.05, 3.63) is 41.5 Å². The number of rotatable bonds is 5. The summed E-state index contributed by atoms with van der Waals surface area (Å²) in [6.07, 6.45) is 2.07. The molecule has 1 aromatic carbocycles. The molecule has 0 saturated heterocycles. The van der Waals surface area contributed by atoms with E-state index in [0.717, 1.165) is 9.88 Å². The lowest BCUT2D eigenvalue weighted by atomic mass is 10.1. The SMILES string of the molecule is CC(C)=CC1C(C(=O)NNC(=O)c2cccc(S(=O)(=O)N(C)C)c2)C1(C)C. The summed E-state index contributed by atoms with van der Waals surface area (Å²) in [7, 11) is -0.804. The fraction of sp³-hybridized carbons (Fsp3) is 0.474. The molecule has 1 aliphatic carbocycles. The average molecular weight is 394 g/mol. The number of amides is 2. The largest absolute Gasteiger partial charge is 0.273 e. The van der Waals surface area contributed by atoms with Crippen molar-refractivity contribution in [2.24, 2.45) is 17.3 Å². The van der Waals surface area contributed by atoms with Gasteiger partial charge in [0.15, 0.2) is 0 Å². The van der Waals surface area contributed by atoms with Gasteiger partial charge < -0.3 is 0 Å². The zero-order valence-electron chi connectivity index (χ0n) is 16.5. The number of hydrazine groups is 1. The van der Waals surface area contributed by atoms with E-state index in [1.807, 2.05) is 27.7 Å². The minimum atomic E-state index is -3.64. The number of hydrogen-bond acceptors (Lipinski definition) is 4. The number of nitrogens with one attached hydrogen (secondary N) is 2. The maximum atomic E-state index is 12.4. The van der Waals surface area contributed by atoms with E-state index in [0.29, 0.717) is 0 Å². The molecule has 1 aromatic rings. The molecule has 148 valence electrons. The first kappa shape index (κ1) is 21.1. The first-order valence-corrected chi connectivity index (χ1v) is 10.1. The Morgan fingerprint density at radius 3 is 2.33 bits per heavy atom. The molecule has 2 rings (SSSR count). The summed E-state index contributed by atoms with van der Waals surface area (Å²) < 4.78 is 25.4. The summed E-state index contributed by atoms with van der Waals surface area (Å²) in [6.45, 7) is 8.00. The molecule has 27 heavy (non-hydrogen) atoms. The van der Waals surface area contributed by atoms with E-state index in [9.17, 15) is 18.0 Å². The van der Waals surface area contributed by atoms with Crippen molar-refractivity contribution in [2.75, 3.05) is 14.1 Å². The number of sulfonamides is 1. The molecule has 7 nitrogen and oxygen atoms in total. The maximum Gasteiger partial charge on any atom is 0.269 e. The Bertz CT molecular complexity index is 884. The summed E-state index contributed by atoms with van der Waals surface area (Å²) in [6, 6.07) is 5.68. The van der Waals surface area contributed by atoms with Crippen molar-refractivity contribution < 1.29 is 18.0 Å². The van der Waals surface area contributed by atoms with Crippen LogP contribution in [0.1, 0.15) is 38.1 Å². The predicted octanol–water partition coefficient (Wildman–Crippen LogP) is 1.94. The number of allylic oxidation sites excluding steroid dienone is 2. The molecular weight excluding hydrogens is 366 g/mol. The lowest BCUT2D eigenvalue weighted by molar-refractivity contribution is -0.123. The van der Waals surface area contributed by atoms with Crippen LogP contribution in [-0.2, 0) is 14.8 Å². The summed E-state index contributed by atoms with van der Waals surface area (Å²) in [5, 5.41) is 0. The second-order valence-corrected chi connectivity index (χ2v) is 9.98. The molecule has 0 spiro atoms. The van der Waals surface area contributed by atoms with E-state index in [4.69, 9.17) is 0 Å². The summed E-state index contributed by atoms with van der Waals surface area (Å²) in [5.74, 6) is -0.912. The smallest absolute Gasteiger partial charge is 0.269 e. The molecule has 0 aliphatic heterocycles. The van der Waals surface area contributed by atoms with Crippen LogP contribution in [-0.4, -0.2) is 38.6 Å². The van der Waals surface area contributed by atoms with E-state index in [1.165, 1.54) is 38.4 Å². The Labute approximate surface area is 160 Å². The predicted molar refractivity (Wildman–Crippen MR) is 103 cm³/mol. The van der Waals surface area contributed by atoms with Crippen LogP contribution in [0.25, 0.3) is 0 Å². The highest BCUT2D eigenvalue weighted by Gasteiger charge is 2.60. The van der Waals surface area contributed by atoms with Crippen LogP contribution in [0.15, 0.2) is 40.8 Å². The van der Waals surface area contributed by atoms with Crippen LogP contribution in [0.2, 0.25) is 0 Å². The van der Waals surface area contributed by atoms with Crippen molar-refractivity contribution in [2.45, 2.75) is 32.6 Å². The molecule has 0 radical (unpaired) electrons. The van der Waals surface area contributed by atoms with Gasteiger partial charge in [-0.1, -0.05) is 31.6 Å². The van der Waals surface area contributed by atoms with Crippen molar-refractivity contribution >= 4 is 21.8 Å². The van der Waals surface area contributed by atoms with E-state index in [1.54, 1.807) is 0 Å². The molecular formula is C19H27N3O4S. The summed E-state index contributed by atoms with van der Waals surface area (Å²) in [5.41, 5.74) is 5.96. The van der Waals surface area contributed by atoms with Crippen LogP contribution in [0.5, 0.6) is 0 Å². The Hall–Kier alpha value is -2.19. The highest BCUT2D eigenvalue weighted by atomic mass is 32.2. The van der Waals surface area contributed by atoms with Gasteiger partial charge in [0.2, 0.25) is 15.9 Å². The number of hydrogen-bond donors (Lipinski definition) is 2. The van der Waals surface area contributed by atoms with E-state index in [2.05, 4.69) is 16.9 Å². The molecule has 2 N–H and O–H groups in total. The fourth-order valence-corrected chi connectivity index (χ4v) is 4.07. The average Bonchev–Trinajstić information content (AvgIpc) is 3.11. The molecule has 8 heteroatoms. The lowest BCUT2D eigenvalue weighted by Crippen LogP contribution is -2.43. The van der Waals surface area contributed by atoms with Crippen LogP contribution >= 0.6 is 0 Å². The number of nitrogens with zero attached hydrogens (tertiary/aromatic N) is 1. The third-order valence-electron chi connectivity index (χ3n) is 4.88. The lowest BCUT2D eigenvalue weighted by Gasteiger charge is -2.12. The molecule has 2 atom stereocenters. The molecule has 2 amide bonds. The maximum absolute atomic E-state index is 12.4. The number of benzene rings is 1. The van der Waals surface area contributed by atoms with Crippen molar-refractivity contribution in [3.63, 3.8) is 0 Å². The molecule has 0 heterocycles. The van der Waals surface area contributed by atoms with E-state index < -0.39 is 15.9 Å². The van der Waals surface area contributed by atoms with Crippen molar-refractivity contribution in [3.8, 4) is 0 Å². The molecule has 1 aliphatic rings. The van der Waals surface area contributed by atoms with E-state index >= 15 is 0 Å². The van der Waals surface area contributed by atoms with Crippen LogP contribution in [0, 0.1) is 17.3 Å². The van der Waals surface area contributed by atoms with Gasteiger partial charge >= 0.3 is 0 Å². The monoisotopic (exact) mass is 393 g/mol. The Kier molecular flexibility index (Phi) is 5.82. The van der Waals surface area contributed by atoms with Gasteiger partial charge in [0, 0.05) is 19.7 Å². The second-order valence-electron chi connectivity index (χ2n) is 7.83. The first-order valence-electron chi connectivity index (χ1n) is 8.67.